The highest BCUT2D eigenvalue weighted by Gasteiger charge is 2.05. The van der Waals surface area contributed by atoms with Gasteiger partial charge in [-0.1, -0.05) is 29.8 Å². The number of aliphatic hydroxyl groups is 1. The maximum absolute atomic E-state index is 12.7. The first kappa shape index (κ1) is 15.8. The zero-order valence-electron chi connectivity index (χ0n) is 11.4. The second-order valence-electron chi connectivity index (χ2n) is 4.68. The Labute approximate surface area is 128 Å². The quantitative estimate of drug-likeness (QED) is 0.826. The van der Waals surface area contributed by atoms with Gasteiger partial charge in [-0.25, -0.2) is 4.39 Å². The molecular formula is C16H17ClFNO2. The normalized spacial score (nSPS) is 12.1. The molecule has 0 spiro atoms. The number of benzene rings is 2. The average molecular weight is 310 g/mol. The first-order chi connectivity index (χ1) is 10.1. The monoisotopic (exact) mass is 309 g/mol. The molecular weight excluding hydrogens is 293 g/mol. The average Bonchev–Trinajstić information content (AvgIpc) is 2.47. The fourth-order valence-electron chi connectivity index (χ4n) is 1.79. The lowest BCUT2D eigenvalue weighted by atomic mass is 10.2. The van der Waals surface area contributed by atoms with Crippen molar-refractivity contribution in [2.24, 2.45) is 0 Å². The molecule has 0 radical (unpaired) electrons. The van der Waals surface area contributed by atoms with Gasteiger partial charge in [-0.05, 0) is 35.9 Å². The van der Waals surface area contributed by atoms with Crippen LogP contribution in [0.15, 0.2) is 48.5 Å². The van der Waals surface area contributed by atoms with Crippen LogP contribution >= 0.6 is 11.6 Å². The number of halogens is 2. The lowest BCUT2D eigenvalue weighted by molar-refractivity contribution is 0.106. The van der Waals surface area contributed by atoms with Crippen LogP contribution in [0.5, 0.6) is 5.75 Å². The highest BCUT2D eigenvalue weighted by atomic mass is 35.5. The van der Waals surface area contributed by atoms with Crippen LogP contribution in [0.3, 0.4) is 0 Å². The molecule has 0 aliphatic carbocycles. The summed E-state index contributed by atoms with van der Waals surface area (Å²) >= 11 is 5.84. The number of ether oxygens (including phenoxy) is 1. The Hall–Kier alpha value is -1.62. The fraction of sp³-hybridized carbons (Fsp3) is 0.250. The highest BCUT2D eigenvalue weighted by molar-refractivity contribution is 6.30. The van der Waals surface area contributed by atoms with Gasteiger partial charge in [0.05, 0.1) is 0 Å². The van der Waals surface area contributed by atoms with Crippen molar-refractivity contribution in [3.05, 3.63) is 64.9 Å². The van der Waals surface area contributed by atoms with E-state index in [-0.39, 0.29) is 12.4 Å². The Morgan fingerprint density at radius 3 is 2.67 bits per heavy atom. The minimum atomic E-state index is -0.635. The summed E-state index contributed by atoms with van der Waals surface area (Å²) in [4.78, 5) is 0. The molecule has 21 heavy (non-hydrogen) atoms. The largest absolute Gasteiger partial charge is 0.491 e. The molecule has 5 heteroatoms. The molecule has 0 heterocycles. The molecule has 112 valence electrons. The van der Waals surface area contributed by atoms with E-state index >= 15 is 0 Å². The predicted molar refractivity (Wildman–Crippen MR) is 81.1 cm³/mol. The van der Waals surface area contributed by atoms with Crippen molar-refractivity contribution in [3.63, 3.8) is 0 Å². The highest BCUT2D eigenvalue weighted by Crippen LogP contribution is 2.17. The van der Waals surface area contributed by atoms with E-state index in [4.69, 9.17) is 16.3 Å². The first-order valence-electron chi connectivity index (χ1n) is 6.65. The number of nitrogens with one attached hydrogen (secondary N) is 1. The maximum Gasteiger partial charge on any atom is 0.123 e. The van der Waals surface area contributed by atoms with Crippen LogP contribution in [0.2, 0.25) is 5.02 Å². The lowest BCUT2D eigenvalue weighted by Crippen LogP contribution is -2.31. The number of hydrogen-bond acceptors (Lipinski definition) is 3. The van der Waals surface area contributed by atoms with Crippen molar-refractivity contribution in [1.29, 1.82) is 0 Å². The number of hydrogen-bond donors (Lipinski definition) is 2. The van der Waals surface area contributed by atoms with Gasteiger partial charge in [-0.2, -0.15) is 0 Å². The first-order valence-corrected chi connectivity index (χ1v) is 7.03. The second kappa shape index (κ2) is 7.98. The summed E-state index contributed by atoms with van der Waals surface area (Å²) in [5.41, 5.74) is 0.958. The topological polar surface area (TPSA) is 41.5 Å². The molecule has 0 saturated carbocycles. The third-order valence-corrected chi connectivity index (χ3v) is 3.10. The van der Waals surface area contributed by atoms with Gasteiger partial charge in [-0.3, -0.25) is 0 Å². The number of rotatable bonds is 7. The molecule has 3 nitrogen and oxygen atoms in total. The smallest absolute Gasteiger partial charge is 0.123 e. The van der Waals surface area contributed by atoms with Gasteiger partial charge in [0.25, 0.3) is 0 Å². The van der Waals surface area contributed by atoms with Gasteiger partial charge < -0.3 is 15.2 Å². The van der Waals surface area contributed by atoms with Gasteiger partial charge >= 0.3 is 0 Å². The van der Waals surface area contributed by atoms with Crippen molar-refractivity contribution >= 4 is 11.6 Å². The van der Waals surface area contributed by atoms with Crippen molar-refractivity contribution in [1.82, 2.24) is 5.32 Å². The molecule has 0 aromatic heterocycles. The van der Waals surface area contributed by atoms with E-state index in [9.17, 15) is 9.50 Å². The van der Waals surface area contributed by atoms with E-state index in [2.05, 4.69) is 5.32 Å². The Morgan fingerprint density at radius 1 is 1.19 bits per heavy atom. The standard InChI is InChI=1S/C16H17ClFNO2/c17-13-2-1-3-16(8-13)21-11-15(20)10-19-9-12-4-6-14(18)7-5-12/h1-8,15,19-20H,9-11H2. The Kier molecular flexibility index (Phi) is 5.99. The summed E-state index contributed by atoms with van der Waals surface area (Å²) in [6.45, 7) is 1.13. The number of aliphatic hydroxyl groups excluding tert-OH is 1. The molecule has 0 aliphatic rings. The predicted octanol–water partition coefficient (Wildman–Crippen LogP) is 3.01. The van der Waals surface area contributed by atoms with Crippen LogP contribution in [0.25, 0.3) is 0 Å². The molecule has 1 unspecified atom stereocenters. The molecule has 2 aromatic rings. The van der Waals surface area contributed by atoms with Crippen molar-refractivity contribution < 1.29 is 14.2 Å². The zero-order chi connectivity index (χ0) is 15.1. The van der Waals surface area contributed by atoms with E-state index in [1.165, 1.54) is 12.1 Å². The molecule has 0 aliphatic heterocycles. The lowest BCUT2D eigenvalue weighted by Gasteiger charge is -2.13. The van der Waals surface area contributed by atoms with E-state index in [1.54, 1.807) is 36.4 Å². The van der Waals surface area contributed by atoms with Gasteiger partial charge in [0, 0.05) is 18.1 Å². The summed E-state index contributed by atoms with van der Waals surface area (Å²) in [5.74, 6) is 0.369. The minimum Gasteiger partial charge on any atom is -0.491 e. The van der Waals surface area contributed by atoms with Gasteiger partial charge in [0.2, 0.25) is 0 Å². The van der Waals surface area contributed by atoms with Crippen LogP contribution in [-0.2, 0) is 6.54 Å². The van der Waals surface area contributed by atoms with Crippen molar-refractivity contribution in [2.45, 2.75) is 12.6 Å². The van der Waals surface area contributed by atoms with E-state index < -0.39 is 6.10 Å². The third kappa shape index (κ3) is 5.71. The van der Waals surface area contributed by atoms with Crippen molar-refractivity contribution in [2.75, 3.05) is 13.2 Å². The van der Waals surface area contributed by atoms with E-state index in [0.717, 1.165) is 5.56 Å². The Balaban J connectivity index is 1.67. The summed E-state index contributed by atoms with van der Waals surface area (Å²) in [6, 6.07) is 13.3. The van der Waals surface area contributed by atoms with Crippen LogP contribution in [0.4, 0.5) is 4.39 Å². The third-order valence-electron chi connectivity index (χ3n) is 2.86. The van der Waals surface area contributed by atoms with Gasteiger partial charge in [0.15, 0.2) is 0 Å². The molecule has 1 atom stereocenters. The molecule has 0 amide bonds. The molecule has 0 bridgehead atoms. The summed E-state index contributed by atoms with van der Waals surface area (Å²) in [5, 5.41) is 13.5. The molecule has 0 fully saturated rings. The van der Waals surface area contributed by atoms with Crippen molar-refractivity contribution in [3.8, 4) is 5.75 Å². The molecule has 0 saturated heterocycles. The Bertz CT molecular complexity index is 562. The van der Waals surface area contributed by atoms with E-state index in [0.29, 0.717) is 23.9 Å². The summed E-state index contributed by atoms with van der Waals surface area (Å²) in [6.07, 6.45) is -0.635. The minimum absolute atomic E-state index is 0.177. The van der Waals surface area contributed by atoms with Crippen LogP contribution in [0, 0.1) is 5.82 Å². The second-order valence-corrected chi connectivity index (χ2v) is 5.12. The van der Waals surface area contributed by atoms with E-state index in [1.807, 2.05) is 0 Å². The molecule has 2 rings (SSSR count). The van der Waals surface area contributed by atoms with Gasteiger partial charge in [0.1, 0.15) is 24.3 Å². The maximum atomic E-state index is 12.7. The van der Waals surface area contributed by atoms with Crippen LogP contribution in [0.1, 0.15) is 5.56 Å². The van der Waals surface area contributed by atoms with Crippen LogP contribution < -0.4 is 10.1 Å². The molecule has 2 N–H and O–H groups in total. The SMILES string of the molecule is OC(CNCc1ccc(F)cc1)COc1cccc(Cl)c1. The summed E-state index contributed by atoms with van der Waals surface area (Å²) in [7, 11) is 0. The zero-order valence-corrected chi connectivity index (χ0v) is 12.2. The van der Waals surface area contributed by atoms with Gasteiger partial charge in [-0.15, -0.1) is 0 Å². The fourth-order valence-corrected chi connectivity index (χ4v) is 1.97. The van der Waals surface area contributed by atoms with Crippen LogP contribution in [-0.4, -0.2) is 24.4 Å². The molecule has 2 aromatic carbocycles. The Morgan fingerprint density at radius 2 is 1.95 bits per heavy atom. The summed E-state index contributed by atoms with van der Waals surface area (Å²) < 4.78 is 18.2.